The van der Waals surface area contributed by atoms with Crippen molar-refractivity contribution in [2.24, 2.45) is 0 Å². The number of amides is 2. The summed E-state index contributed by atoms with van der Waals surface area (Å²) < 4.78 is 37.1. The molecule has 3 aromatic rings. The van der Waals surface area contributed by atoms with E-state index in [9.17, 15) is 18.0 Å². The van der Waals surface area contributed by atoms with Gasteiger partial charge in [0.25, 0.3) is 0 Å². The molecule has 214 valence electrons. The molecule has 1 unspecified atom stereocenters. The van der Waals surface area contributed by atoms with Crippen molar-refractivity contribution in [1.29, 1.82) is 0 Å². The summed E-state index contributed by atoms with van der Waals surface area (Å²) >= 11 is 0. The summed E-state index contributed by atoms with van der Waals surface area (Å²) in [6.45, 7) is 0.278. The number of sulfonamides is 1. The first-order valence-electron chi connectivity index (χ1n) is 13.0. The molecule has 0 spiro atoms. The Morgan fingerprint density at radius 2 is 1.50 bits per heavy atom. The number of hydrogen-bond acceptors (Lipinski definition) is 6. The molecule has 3 rings (SSSR count). The molecule has 0 saturated heterocycles. The highest BCUT2D eigenvalue weighted by molar-refractivity contribution is 7.92. The van der Waals surface area contributed by atoms with Gasteiger partial charge in [-0.05, 0) is 41.8 Å². The maximum Gasteiger partial charge on any atom is 0.242 e. The van der Waals surface area contributed by atoms with E-state index < -0.39 is 16.1 Å². The van der Waals surface area contributed by atoms with E-state index >= 15 is 0 Å². The maximum atomic E-state index is 13.7. The van der Waals surface area contributed by atoms with E-state index in [1.165, 1.54) is 11.4 Å². The third-order valence-electron chi connectivity index (χ3n) is 6.50. The second-order valence-electron chi connectivity index (χ2n) is 9.33. The fourth-order valence-corrected chi connectivity index (χ4v) is 5.41. The molecule has 0 fully saturated rings. The van der Waals surface area contributed by atoms with Crippen molar-refractivity contribution < 1.29 is 27.5 Å². The van der Waals surface area contributed by atoms with Crippen LogP contribution in [0.25, 0.3) is 0 Å². The lowest BCUT2D eigenvalue weighted by molar-refractivity contribution is -0.141. The number of methoxy groups -OCH3 is 2. The van der Waals surface area contributed by atoms with Crippen molar-refractivity contribution in [3.63, 3.8) is 0 Å². The normalized spacial score (nSPS) is 11.8. The summed E-state index contributed by atoms with van der Waals surface area (Å²) in [5.74, 6) is 0.633. The van der Waals surface area contributed by atoms with Crippen LogP contribution >= 0.6 is 0 Å². The lowest BCUT2D eigenvalue weighted by Gasteiger charge is -2.31. The Kier molecular flexibility index (Phi) is 11.0. The molecule has 0 aliphatic rings. The summed E-state index contributed by atoms with van der Waals surface area (Å²) in [4.78, 5) is 28.4. The second kappa shape index (κ2) is 14.4. The van der Waals surface area contributed by atoms with E-state index in [0.717, 1.165) is 17.4 Å². The van der Waals surface area contributed by atoms with Crippen molar-refractivity contribution in [2.75, 3.05) is 38.4 Å². The highest BCUT2D eigenvalue weighted by Gasteiger charge is 2.30. The van der Waals surface area contributed by atoms with Crippen molar-refractivity contribution in [3.05, 3.63) is 90.0 Å². The molecule has 9 nitrogen and oxygen atoms in total. The van der Waals surface area contributed by atoms with Crippen molar-refractivity contribution in [1.82, 2.24) is 10.2 Å². The van der Waals surface area contributed by atoms with Crippen molar-refractivity contribution >= 4 is 27.5 Å². The Morgan fingerprint density at radius 1 is 0.875 bits per heavy atom. The number of ether oxygens (including phenoxy) is 2. The van der Waals surface area contributed by atoms with Crippen LogP contribution < -0.4 is 19.1 Å². The van der Waals surface area contributed by atoms with E-state index in [1.807, 2.05) is 54.6 Å². The van der Waals surface area contributed by atoms with Gasteiger partial charge in [0.05, 0.1) is 26.2 Å². The second-order valence-corrected chi connectivity index (χ2v) is 11.2. The zero-order valence-corrected chi connectivity index (χ0v) is 24.2. The molecule has 0 radical (unpaired) electrons. The number of carbonyl (C=O) groups is 2. The number of anilines is 1. The number of benzene rings is 3. The minimum atomic E-state index is -3.62. The summed E-state index contributed by atoms with van der Waals surface area (Å²) in [7, 11) is 1.01. The fourth-order valence-electron chi connectivity index (χ4n) is 4.46. The first-order valence-corrected chi connectivity index (χ1v) is 14.8. The van der Waals surface area contributed by atoms with Crippen molar-refractivity contribution in [3.8, 4) is 11.5 Å². The van der Waals surface area contributed by atoms with Gasteiger partial charge in [-0.25, -0.2) is 8.42 Å². The van der Waals surface area contributed by atoms with Gasteiger partial charge < -0.3 is 19.7 Å². The van der Waals surface area contributed by atoms with Gasteiger partial charge in [0, 0.05) is 39.0 Å². The largest absolute Gasteiger partial charge is 0.497 e. The van der Waals surface area contributed by atoms with E-state index in [0.29, 0.717) is 23.6 Å². The van der Waals surface area contributed by atoms with Gasteiger partial charge in [0.2, 0.25) is 21.8 Å². The van der Waals surface area contributed by atoms with Crippen LogP contribution in [-0.4, -0.2) is 65.2 Å². The molecule has 1 atom stereocenters. The Labute approximate surface area is 236 Å². The fraction of sp³-hybridized carbons (Fsp3) is 0.333. The van der Waals surface area contributed by atoms with Crippen LogP contribution in [0.3, 0.4) is 0 Å². The highest BCUT2D eigenvalue weighted by atomic mass is 32.2. The summed E-state index contributed by atoms with van der Waals surface area (Å²) in [6.07, 6.45) is 1.76. The van der Waals surface area contributed by atoms with Crippen LogP contribution in [-0.2, 0) is 32.6 Å². The number of likely N-dealkylation sites (N-methyl/N-ethyl adjacent to an activating group) is 1. The highest BCUT2D eigenvalue weighted by Crippen LogP contribution is 2.24. The molecular formula is C30H37N3O6S. The first kappa shape index (κ1) is 30.5. The Balaban J connectivity index is 1.86. The third-order valence-corrected chi connectivity index (χ3v) is 7.69. The van der Waals surface area contributed by atoms with E-state index in [1.54, 1.807) is 43.3 Å². The van der Waals surface area contributed by atoms with Gasteiger partial charge >= 0.3 is 0 Å². The predicted molar refractivity (Wildman–Crippen MR) is 156 cm³/mol. The molecule has 0 aliphatic carbocycles. The van der Waals surface area contributed by atoms with Crippen LogP contribution in [0.4, 0.5) is 5.69 Å². The zero-order valence-electron chi connectivity index (χ0n) is 23.4. The molecule has 0 aromatic heterocycles. The van der Waals surface area contributed by atoms with Crippen LogP contribution in [0.15, 0.2) is 78.9 Å². The first-order chi connectivity index (χ1) is 19.2. The Morgan fingerprint density at radius 3 is 2.12 bits per heavy atom. The average Bonchev–Trinajstić information content (AvgIpc) is 2.96. The Hall–Kier alpha value is -4.05. The molecule has 40 heavy (non-hydrogen) atoms. The van der Waals surface area contributed by atoms with E-state index in [-0.39, 0.29) is 37.7 Å². The zero-order chi connectivity index (χ0) is 29.1. The van der Waals surface area contributed by atoms with E-state index in [2.05, 4.69) is 5.32 Å². The number of carbonyl (C=O) groups excluding carboxylic acids is 2. The summed E-state index contributed by atoms with van der Waals surface area (Å²) in [6, 6.07) is 22.9. The monoisotopic (exact) mass is 567 g/mol. The van der Waals surface area contributed by atoms with Crippen LogP contribution in [0, 0.1) is 0 Å². The maximum absolute atomic E-state index is 13.7. The molecular weight excluding hydrogens is 530 g/mol. The van der Waals surface area contributed by atoms with Gasteiger partial charge in [-0.3, -0.25) is 13.9 Å². The summed E-state index contributed by atoms with van der Waals surface area (Å²) in [5.41, 5.74) is 2.18. The lowest BCUT2D eigenvalue weighted by Crippen LogP contribution is -2.49. The smallest absolute Gasteiger partial charge is 0.242 e. The number of nitrogens with zero attached hydrogens (tertiary/aromatic N) is 2. The van der Waals surface area contributed by atoms with Crippen LogP contribution in [0.1, 0.15) is 24.0 Å². The minimum Gasteiger partial charge on any atom is -0.497 e. The van der Waals surface area contributed by atoms with Gasteiger partial charge in [-0.1, -0.05) is 48.5 Å². The van der Waals surface area contributed by atoms with Crippen LogP contribution in [0.5, 0.6) is 11.5 Å². The summed E-state index contributed by atoms with van der Waals surface area (Å²) in [5, 5.41) is 2.70. The van der Waals surface area contributed by atoms with Gasteiger partial charge in [0.1, 0.15) is 17.5 Å². The number of hydrogen-bond donors (Lipinski definition) is 1. The molecule has 1 N–H and O–H groups in total. The SMILES string of the molecule is CNC(=O)C(Cc1ccccc1)N(Cc1cccc(OC)c1)C(=O)CCCN(c1cccc(OC)c1)S(C)(=O)=O. The quantitative estimate of drug-likeness (QED) is 0.319. The molecule has 0 bridgehead atoms. The minimum absolute atomic E-state index is 0.0439. The molecule has 10 heteroatoms. The van der Waals surface area contributed by atoms with Gasteiger partial charge in [-0.15, -0.1) is 0 Å². The number of nitrogens with one attached hydrogen (secondary N) is 1. The van der Waals surface area contributed by atoms with Gasteiger partial charge in [0.15, 0.2) is 0 Å². The van der Waals surface area contributed by atoms with Crippen LogP contribution in [0.2, 0.25) is 0 Å². The topological polar surface area (TPSA) is 105 Å². The number of rotatable bonds is 14. The van der Waals surface area contributed by atoms with Gasteiger partial charge in [-0.2, -0.15) is 0 Å². The van der Waals surface area contributed by atoms with Crippen molar-refractivity contribution in [2.45, 2.75) is 31.8 Å². The molecule has 0 saturated carbocycles. The predicted octanol–water partition coefficient (Wildman–Crippen LogP) is 3.64. The lowest BCUT2D eigenvalue weighted by atomic mass is 10.0. The standard InChI is InChI=1S/C30H37N3O6S/c1-31-30(35)28(20-23-11-6-5-7-12-23)32(22-24-13-8-15-26(19-24)38-2)29(34)17-10-18-33(40(4,36)37)25-14-9-16-27(21-25)39-3/h5-9,11-16,19,21,28H,10,17-18,20,22H2,1-4H3,(H,31,35). The van der Waals surface area contributed by atoms with E-state index in [4.69, 9.17) is 9.47 Å². The third kappa shape index (κ3) is 8.47. The molecule has 0 aliphatic heterocycles. The average molecular weight is 568 g/mol. The molecule has 0 heterocycles. The molecule has 3 aromatic carbocycles. The molecule has 2 amide bonds. The Bertz CT molecular complexity index is 1380.